The van der Waals surface area contributed by atoms with E-state index < -0.39 is 5.72 Å². The standard InChI is InChI=1S/C28H24N4O4/c1-28-25(35-3)15(29-2)12-18(36-28)31-16-10-6-4-8-13(16)19-21-22(27(34)30-26(21)33)20-14-9-5-7-11-17(14)32(28)24(20)23(19)31/h4-11,15,18,25,29H,12H2,1-3H3,(H,30,33,34)/t15-,18-,25+,28+/m0/s1. The lowest BCUT2D eigenvalue weighted by atomic mass is 9.93. The summed E-state index contributed by atoms with van der Waals surface area (Å²) < 4.78 is 17.6. The topological polar surface area (TPSA) is 86.5 Å². The van der Waals surface area contributed by atoms with Crippen molar-refractivity contribution in [2.45, 2.75) is 37.4 Å². The predicted octanol–water partition coefficient (Wildman–Crippen LogP) is 3.99. The van der Waals surface area contributed by atoms with E-state index in [0.717, 1.165) is 43.6 Å². The largest absolute Gasteiger partial charge is 0.375 e. The molecule has 2 aromatic heterocycles. The average molecular weight is 481 g/mol. The maximum atomic E-state index is 13.3. The van der Waals surface area contributed by atoms with Crippen molar-refractivity contribution in [2.24, 2.45) is 0 Å². The number of nitrogens with zero attached hydrogens (tertiary/aromatic N) is 2. The normalized spacial score (nSPS) is 26.9. The molecule has 4 atom stereocenters. The summed E-state index contributed by atoms with van der Waals surface area (Å²) in [6, 6.07) is 16.1. The van der Waals surface area contributed by atoms with Gasteiger partial charge in [-0.1, -0.05) is 36.4 Å². The van der Waals surface area contributed by atoms with Crippen LogP contribution in [0.2, 0.25) is 0 Å². The van der Waals surface area contributed by atoms with Gasteiger partial charge >= 0.3 is 0 Å². The second-order valence-corrected chi connectivity index (χ2v) is 10.1. The lowest BCUT2D eigenvalue weighted by Crippen LogP contribution is -2.59. The Morgan fingerprint density at radius 3 is 2.25 bits per heavy atom. The number of likely N-dealkylation sites (N-methyl/N-ethyl adjacent to an activating group) is 1. The van der Waals surface area contributed by atoms with E-state index in [0.29, 0.717) is 17.5 Å². The van der Waals surface area contributed by atoms with Crippen LogP contribution >= 0.6 is 0 Å². The summed E-state index contributed by atoms with van der Waals surface area (Å²) >= 11 is 0. The summed E-state index contributed by atoms with van der Waals surface area (Å²) in [5, 5.41) is 9.49. The van der Waals surface area contributed by atoms with Crippen LogP contribution in [-0.4, -0.2) is 47.3 Å². The van der Waals surface area contributed by atoms with Gasteiger partial charge in [-0.05, 0) is 26.1 Å². The van der Waals surface area contributed by atoms with E-state index in [1.165, 1.54) is 0 Å². The number of hydrogen-bond acceptors (Lipinski definition) is 5. The monoisotopic (exact) mass is 480 g/mol. The lowest BCUT2D eigenvalue weighted by Gasteiger charge is -2.48. The van der Waals surface area contributed by atoms with Crippen LogP contribution in [0.3, 0.4) is 0 Å². The SMILES string of the molecule is CN[C@H]1C[C@@H]2O[C@](C)([C@@H]1OC)n1c3ccccc3c3c4c(c5c6ccccc6n2c5c31)C(=O)NC4=O. The Labute approximate surface area is 205 Å². The molecule has 8 rings (SSSR count). The van der Waals surface area contributed by atoms with Crippen LogP contribution in [0.15, 0.2) is 48.5 Å². The fourth-order valence-electron chi connectivity index (χ4n) is 7.25. The number of amides is 2. The number of methoxy groups -OCH3 is 1. The quantitative estimate of drug-likeness (QED) is 0.373. The molecule has 3 aromatic carbocycles. The van der Waals surface area contributed by atoms with Crippen LogP contribution in [0, 0.1) is 0 Å². The molecule has 2 bridgehead atoms. The Balaban J connectivity index is 1.74. The summed E-state index contributed by atoms with van der Waals surface area (Å²) in [7, 11) is 3.67. The molecule has 1 saturated heterocycles. The third kappa shape index (κ3) is 2.10. The number of imide groups is 1. The Morgan fingerprint density at radius 2 is 1.58 bits per heavy atom. The Kier molecular flexibility index (Phi) is 3.71. The van der Waals surface area contributed by atoms with Gasteiger partial charge in [0.25, 0.3) is 11.8 Å². The molecule has 0 unspecified atom stereocenters. The van der Waals surface area contributed by atoms with Gasteiger partial charge in [0, 0.05) is 41.1 Å². The molecule has 0 aliphatic carbocycles. The van der Waals surface area contributed by atoms with Gasteiger partial charge in [0.05, 0.1) is 33.2 Å². The lowest BCUT2D eigenvalue weighted by molar-refractivity contribution is -0.256. The molecule has 8 nitrogen and oxygen atoms in total. The van der Waals surface area contributed by atoms with E-state index in [2.05, 4.69) is 38.8 Å². The number of rotatable bonds is 2. The molecule has 3 aliphatic heterocycles. The number of carbonyl (C=O) groups is 2. The molecule has 1 fully saturated rings. The summed E-state index contributed by atoms with van der Waals surface area (Å²) in [5.74, 6) is -0.704. The zero-order chi connectivity index (χ0) is 24.5. The number of benzene rings is 3. The fraction of sp³-hybridized carbons (Fsp3) is 0.286. The number of hydrogen-bond donors (Lipinski definition) is 2. The Bertz CT molecular complexity index is 1830. The van der Waals surface area contributed by atoms with Crippen LogP contribution in [0.4, 0.5) is 0 Å². The van der Waals surface area contributed by atoms with Crippen molar-refractivity contribution in [2.75, 3.05) is 14.2 Å². The second-order valence-electron chi connectivity index (χ2n) is 10.1. The van der Waals surface area contributed by atoms with Crippen molar-refractivity contribution in [3.05, 3.63) is 59.7 Å². The minimum atomic E-state index is -0.882. The highest BCUT2D eigenvalue weighted by Crippen LogP contribution is 2.53. The number of carbonyl (C=O) groups excluding carboxylic acids is 2. The van der Waals surface area contributed by atoms with Crippen molar-refractivity contribution in [1.82, 2.24) is 19.8 Å². The maximum absolute atomic E-state index is 13.3. The van der Waals surface area contributed by atoms with Crippen LogP contribution < -0.4 is 10.6 Å². The van der Waals surface area contributed by atoms with Gasteiger partial charge in [-0.2, -0.15) is 0 Å². The summed E-state index contributed by atoms with van der Waals surface area (Å²) in [5.41, 5.74) is 3.75. The first kappa shape index (κ1) is 20.5. The minimum Gasteiger partial charge on any atom is -0.375 e. The van der Waals surface area contributed by atoms with E-state index in [1.54, 1.807) is 7.11 Å². The molecule has 5 aromatic rings. The van der Waals surface area contributed by atoms with E-state index in [1.807, 2.05) is 43.4 Å². The fourth-order valence-corrected chi connectivity index (χ4v) is 7.25. The Hall–Kier alpha value is -3.72. The van der Waals surface area contributed by atoms with Gasteiger partial charge in [0.15, 0.2) is 5.72 Å². The predicted molar refractivity (Wildman–Crippen MR) is 136 cm³/mol. The highest BCUT2D eigenvalue weighted by Gasteiger charge is 2.53. The van der Waals surface area contributed by atoms with Gasteiger partial charge in [-0.25, -0.2) is 0 Å². The first-order chi connectivity index (χ1) is 17.5. The molecule has 2 N–H and O–H groups in total. The zero-order valence-electron chi connectivity index (χ0n) is 20.1. The van der Waals surface area contributed by atoms with Crippen molar-refractivity contribution in [1.29, 1.82) is 0 Å². The molecular formula is C28H24N4O4. The van der Waals surface area contributed by atoms with Crippen LogP contribution in [-0.2, 0) is 15.2 Å². The minimum absolute atomic E-state index is 0.0114. The molecule has 36 heavy (non-hydrogen) atoms. The van der Waals surface area contributed by atoms with Crippen molar-refractivity contribution in [3.63, 3.8) is 0 Å². The maximum Gasteiger partial charge on any atom is 0.259 e. The number of fused-ring (bicyclic) bond motifs is 13. The molecule has 5 heterocycles. The number of aromatic nitrogens is 2. The molecule has 8 heteroatoms. The number of ether oxygens (including phenoxy) is 2. The first-order valence-electron chi connectivity index (χ1n) is 12.3. The number of para-hydroxylation sites is 2. The number of nitrogens with one attached hydrogen (secondary N) is 2. The third-order valence-corrected chi connectivity index (χ3v) is 8.52. The Morgan fingerprint density at radius 1 is 0.972 bits per heavy atom. The highest BCUT2D eigenvalue weighted by atomic mass is 16.6. The third-order valence-electron chi connectivity index (χ3n) is 8.52. The van der Waals surface area contributed by atoms with Gasteiger partial charge in [-0.3, -0.25) is 14.9 Å². The molecule has 2 amide bonds. The summed E-state index contributed by atoms with van der Waals surface area (Å²) in [4.78, 5) is 26.7. The van der Waals surface area contributed by atoms with Gasteiger partial charge in [-0.15, -0.1) is 0 Å². The van der Waals surface area contributed by atoms with Crippen molar-refractivity contribution < 1.29 is 19.1 Å². The van der Waals surface area contributed by atoms with Crippen LogP contribution in [0.5, 0.6) is 0 Å². The summed E-state index contributed by atoms with van der Waals surface area (Å²) in [6.07, 6.45) is 0.0823. The van der Waals surface area contributed by atoms with Gasteiger partial charge in [0.2, 0.25) is 0 Å². The smallest absolute Gasteiger partial charge is 0.259 e. The van der Waals surface area contributed by atoms with Gasteiger partial charge in [0.1, 0.15) is 12.3 Å². The zero-order valence-corrected chi connectivity index (χ0v) is 20.1. The van der Waals surface area contributed by atoms with E-state index in [4.69, 9.17) is 9.47 Å². The van der Waals surface area contributed by atoms with Crippen molar-refractivity contribution in [3.8, 4) is 0 Å². The second kappa shape index (κ2) is 6.53. The van der Waals surface area contributed by atoms with Crippen LogP contribution in [0.25, 0.3) is 43.6 Å². The molecular weight excluding hydrogens is 456 g/mol. The highest BCUT2D eigenvalue weighted by molar-refractivity contribution is 6.39. The molecule has 0 saturated carbocycles. The van der Waals surface area contributed by atoms with E-state index in [-0.39, 0.29) is 30.2 Å². The van der Waals surface area contributed by atoms with Crippen LogP contribution in [0.1, 0.15) is 40.3 Å². The first-order valence-corrected chi connectivity index (χ1v) is 12.3. The molecule has 180 valence electrons. The van der Waals surface area contributed by atoms with E-state index >= 15 is 0 Å². The van der Waals surface area contributed by atoms with Gasteiger partial charge < -0.3 is 23.9 Å². The molecule has 0 radical (unpaired) electrons. The molecule has 3 aliphatic rings. The van der Waals surface area contributed by atoms with Crippen molar-refractivity contribution >= 4 is 55.4 Å². The average Bonchev–Trinajstić information content (AvgIpc) is 3.48. The summed E-state index contributed by atoms with van der Waals surface area (Å²) in [6.45, 7) is 2.07. The molecule has 0 spiro atoms. The van der Waals surface area contributed by atoms with E-state index in [9.17, 15) is 9.59 Å².